The van der Waals surface area contributed by atoms with E-state index in [4.69, 9.17) is 15.7 Å². The Morgan fingerprint density at radius 1 is 1.10 bits per heavy atom. The summed E-state index contributed by atoms with van der Waals surface area (Å²) in [5, 5.41) is 11.7. The molecule has 2 aromatic rings. The monoisotopic (exact) mass is 402 g/mol. The van der Waals surface area contributed by atoms with E-state index in [0.29, 0.717) is 10.0 Å². The summed E-state index contributed by atoms with van der Waals surface area (Å²) in [6.07, 6.45) is 0. The van der Waals surface area contributed by atoms with Crippen LogP contribution in [0.1, 0.15) is 5.56 Å². The van der Waals surface area contributed by atoms with Crippen molar-refractivity contribution in [3.63, 3.8) is 0 Å². The third-order valence-corrected chi connectivity index (χ3v) is 3.43. The van der Waals surface area contributed by atoms with E-state index >= 15 is 0 Å². The molecule has 20 heavy (non-hydrogen) atoms. The van der Waals surface area contributed by atoms with Crippen LogP contribution in [0.2, 0.25) is 0 Å². The van der Waals surface area contributed by atoms with Gasteiger partial charge in [-0.05, 0) is 36.4 Å². The van der Waals surface area contributed by atoms with Gasteiger partial charge in [-0.3, -0.25) is 0 Å². The molecular weight excluding hydrogens is 395 g/mol. The summed E-state index contributed by atoms with van der Waals surface area (Å²) in [6, 6.07) is 9.34. The van der Waals surface area contributed by atoms with Crippen LogP contribution in [0.25, 0.3) is 0 Å². The van der Waals surface area contributed by atoms with Gasteiger partial charge >= 0.3 is 0 Å². The van der Waals surface area contributed by atoms with Crippen LogP contribution in [0.4, 0.5) is 4.39 Å². The Labute approximate surface area is 131 Å². The molecule has 0 heterocycles. The molecule has 0 atom stereocenters. The lowest BCUT2D eigenvalue weighted by Crippen LogP contribution is -2.14. The number of hydrogen-bond donors (Lipinski definition) is 2. The molecule has 0 saturated heterocycles. The van der Waals surface area contributed by atoms with E-state index in [2.05, 4.69) is 37.0 Å². The second kappa shape index (κ2) is 6.23. The topological polar surface area (TPSA) is 67.8 Å². The molecule has 0 unspecified atom stereocenters. The molecule has 0 bridgehead atoms. The quantitative estimate of drug-likeness (QED) is 0.348. The Kier molecular flexibility index (Phi) is 4.61. The fraction of sp³-hybridized carbons (Fsp3) is 0. The second-order valence-corrected chi connectivity index (χ2v) is 5.63. The molecule has 0 amide bonds. The molecular formula is C13H9Br2FN2O2. The van der Waals surface area contributed by atoms with Crippen LogP contribution in [0.5, 0.6) is 11.5 Å². The Morgan fingerprint density at radius 3 is 2.40 bits per heavy atom. The number of nitrogens with two attached hydrogens (primary N) is 1. The summed E-state index contributed by atoms with van der Waals surface area (Å²) in [5.74, 6) is -0.330. The molecule has 7 heteroatoms. The molecule has 0 fully saturated rings. The van der Waals surface area contributed by atoms with Gasteiger partial charge in [-0.2, -0.15) is 0 Å². The zero-order valence-electron chi connectivity index (χ0n) is 9.98. The van der Waals surface area contributed by atoms with E-state index in [1.807, 2.05) is 0 Å². The van der Waals surface area contributed by atoms with Gasteiger partial charge < -0.3 is 15.7 Å². The SMILES string of the molecule is N/C(=N/O)c1ccc(Br)cc1Oc1ccc(Br)cc1F. The number of hydrogen-bond acceptors (Lipinski definition) is 3. The van der Waals surface area contributed by atoms with Crippen molar-refractivity contribution in [3.8, 4) is 11.5 Å². The van der Waals surface area contributed by atoms with Crippen molar-refractivity contribution >= 4 is 37.7 Å². The average Bonchev–Trinajstić information content (AvgIpc) is 2.41. The highest BCUT2D eigenvalue weighted by Crippen LogP contribution is 2.31. The van der Waals surface area contributed by atoms with Gasteiger partial charge in [-0.15, -0.1) is 0 Å². The smallest absolute Gasteiger partial charge is 0.173 e. The maximum Gasteiger partial charge on any atom is 0.173 e. The molecule has 104 valence electrons. The van der Waals surface area contributed by atoms with Gasteiger partial charge in [0.1, 0.15) is 5.75 Å². The molecule has 4 nitrogen and oxygen atoms in total. The van der Waals surface area contributed by atoms with Crippen LogP contribution in [-0.2, 0) is 0 Å². The number of benzene rings is 2. The lowest BCUT2D eigenvalue weighted by atomic mass is 10.2. The second-order valence-electron chi connectivity index (χ2n) is 3.80. The van der Waals surface area contributed by atoms with Gasteiger partial charge in [-0.25, -0.2) is 4.39 Å². The summed E-state index contributed by atoms with van der Waals surface area (Å²) in [6.45, 7) is 0. The average molecular weight is 404 g/mol. The van der Waals surface area contributed by atoms with Crippen LogP contribution >= 0.6 is 31.9 Å². The first kappa shape index (κ1) is 14.8. The fourth-order valence-electron chi connectivity index (χ4n) is 1.52. The van der Waals surface area contributed by atoms with Gasteiger partial charge in [0.2, 0.25) is 0 Å². The predicted molar refractivity (Wildman–Crippen MR) is 80.8 cm³/mol. The molecule has 2 aromatic carbocycles. The molecule has 0 spiro atoms. The number of amidine groups is 1. The van der Waals surface area contributed by atoms with Crippen molar-refractivity contribution in [2.24, 2.45) is 10.9 Å². The Bertz CT molecular complexity index is 677. The van der Waals surface area contributed by atoms with E-state index in [0.717, 1.165) is 4.47 Å². The minimum absolute atomic E-state index is 0.0401. The zero-order valence-corrected chi connectivity index (χ0v) is 13.2. The van der Waals surface area contributed by atoms with E-state index in [1.54, 1.807) is 24.3 Å². The highest BCUT2D eigenvalue weighted by molar-refractivity contribution is 9.10. The van der Waals surface area contributed by atoms with Crippen LogP contribution in [0, 0.1) is 5.82 Å². The van der Waals surface area contributed by atoms with Gasteiger partial charge in [0.25, 0.3) is 0 Å². The number of halogens is 3. The lowest BCUT2D eigenvalue weighted by Gasteiger charge is -2.11. The Hall–Kier alpha value is -1.60. The first-order valence-electron chi connectivity index (χ1n) is 5.41. The van der Waals surface area contributed by atoms with Crippen LogP contribution in [0.15, 0.2) is 50.5 Å². The molecule has 0 aliphatic heterocycles. The van der Waals surface area contributed by atoms with Crippen LogP contribution in [0.3, 0.4) is 0 Å². The molecule has 0 radical (unpaired) electrons. The minimum Gasteiger partial charge on any atom is -0.453 e. The number of ether oxygens (including phenoxy) is 1. The van der Waals surface area contributed by atoms with E-state index in [1.165, 1.54) is 12.1 Å². The van der Waals surface area contributed by atoms with Gasteiger partial charge in [0.05, 0.1) is 5.56 Å². The van der Waals surface area contributed by atoms with Gasteiger partial charge in [-0.1, -0.05) is 37.0 Å². The number of rotatable bonds is 3. The summed E-state index contributed by atoms with van der Waals surface area (Å²) in [4.78, 5) is 0. The summed E-state index contributed by atoms with van der Waals surface area (Å²) >= 11 is 6.45. The van der Waals surface area contributed by atoms with Gasteiger partial charge in [0, 0.05) is 8.95 Å². The largest absolute Gasteiger partial charge is 0.453 e. The standard InChI is InChI=1S/C13H9Br2FN2O2/c14-7-2-4-11(10(16)5-7)20-12-6-8(15)1-3-9(12)13(17)18-19/h1-6,19H,(H2,17,18). The molecule has 0 aliphatic rings. The molecule has 0 aliphatic carbocycles. The van der Waals surface area contributed by atoms with Crippen molar-refractivity contribution in [1.29, 1.82) is 0 Å². The lowest BCUT2D eigenvalue weighted by molar-refractivity contribution is 0.318. The van der Waals surface area contributed by atoms with Crippen molar-refractivity contribution in [3.05, 3.63) is 56.7 Å². The molecule has 2 rings (SSSR count). The summed E-state index contributed by atoms with van der Waals surface area (Å²) in [5.41, 5.74) is 5.92. The third kappa shape index (κ3) is 3.29. The van der Waals surface area contributed by atoms with E-state index < -0.39 is 5.82 Å². The zero-order chi connectivity index (χ0) is 14.7. The molecule has 3 N–H and O–H groups in total. The first-order valence-corrected chi connectivity index (χ1v) is 7.00. The number of nitrogens with zero attached hydrogens (tertiary/aromatic N) is 1. The number of oxime groups is 1. The minimum atomic E-state index is -0.523. The highest BCUT2D eigenvalue weighted by Gasteiger charge is 2.12. The normalized spacial score (nSPS) is 11.4. The Balaban J connectivity index is 2.44. The Morgan fingerprint density at radius 2 is 1.75 bits per heavy atom. The van der Waals surface area contributed by atoms with Crippen LogP contribution < -0.4 is 10.5 Å². The fourth-order valence-corrected chi connectivity index (χ4v) is 2.20. The van der Waals surface area contributed by atoms with Crippen molar-refractivity contribution in [2.45, 2.75) is 0 Å². The maximum atomic E-state index is 13.8. The first-order chi connectivity index (χ1) is 9.51. The predicted octanol–water partition coefficient (Wildman–Crippen LogP) is 4.24. The molecule has 0 saturated carbocycles. The van der Waals surface area contributed by atoms with Crippen LogP contribution in [-0.4, -0.2) is 11.0 Å². The summed E-state index contributed by atoms with van der Waals surface area (Å²) in [7, 11) is 0. The summed E-state index contributed by atoms with van der Waals surface area (Å²) < 4.78 is 20.6. The van der Waals surface area contributed by atoms with Crippen molar-refractivity contribution in [1.82, 2.24) is 0 Å². The maximum absolute atomic E-state index is 13.8. The third-order valence-electron chi connectivity index (χ3n) is 2.44. The van der Waals surface area contributed by atoms with E-state index in [9.17, 15) is 4.39 Å². The van der Waals surface area contributed by atoms with Crippen molar-refractivity contribution in [2.75, 3.05) is 0 Å². The van der Waals surface area contributed by atoms with E-state index in [-0.39, 0.29) is 17.3 Å². The van der Waals surface area contributed by atoms with Crippen molar-refractivity contribution < 1.29 is 14.3 Å². The molecule has 0 aromatic heterocycles. The van der Waals surface area contributed by atoms with Gasteiger partial charge in [0.15, 0.2) is 17.4 Å². The highest BCUT2D eigenvalue weighted by atomic mass is 79.9.